The van der Waals surface area contributed by atoms with E-state index in [1.165, 1.54) is 36.8 Å². The Kier molecular flexibility index (Phi) is 6.11. The molecular weight excluding hydrogens is 377 g/mol. The third-order valence-corrected chi connectivity index (χ3v) is 4.73. The van der Waals surface area contributed by atoms with Crippen LogP contribution in [0.4, 0.5) is 13.2 Å². The molecule has 0 aliphatic heterocycles. The Morgan fingerprint density at radius 3 is 2.36 bits per heavy atom. The number of carbonyl (C=O) groups is 2. The van der Waals surface area contributed by atoms with Gasteiger partial charge in [0.25, 0.3) is 5.91 Å². The standard InChI is InChI=1S/C19H21F3N2O4/c20-19(21,22)18(26)24(12-14-8-4-10-27-14)16(15-9-5-11-28-15)17(25)23-13-6-2-1-3-7-13/h4-5,8-11,13,16H,1-3,6-7,12H2,(H,23,25). The lowest BCUT2D eigenvalue weighted by molar-refractivity contribution is -0.190. The van der Waals surface area contributed by atoms with Crippen molar-refractivity contribution in [2.45, 2.75) is 56.9 Å². The molecule has 1 aliphatic rings. The molecule has 1 unspecified atom stereocenters. The normalized spacial score (nSPS) is 16.5. The second-order valence-corrected chi connectivity index (χ2v) is 6.77. The molecule has 2 heterocycles. The van der Waals surface area contributed by atoms with Crippen molar-refractivity contribution in [3.05, 3.63) is 48.3 Å². The summed E-state index contributed by atoms with van der Waals surface area (Å²) in [4.78, 5) is 25.6. The van der Waals surface area contributed by atoms with E-state index >= 15 is 0 Å². The smallest absolute Gasteiger partial charge is 0.467 e. The van der Waals surface area contributed by atoms with Gasteiger partial charge < -0.3 is 19.1 Å². The van der Waals surface area contributed by atoms with Gasteiger partial charge in [0.15, 0.2) is 6.04 Å². The predicted octanol–water partition coefficient (Wildman–Crippen LogP) is 3.95. The van der Waals surface area contributed by atoms with E-state index in [4.69, 9.17) is 8.83 Å². The number of rotatable bonds is 6. The summed E-state index contributed by atoms with van der Waals surface area (Å²) in [6, 6.07) is 4.08. The number of nitrogens with one attached hydrogen (secondary N) is 1. The van der Waals surface area contributed by atoms with Crippen LogP contribution in [0.1, 0.15) is 49.7 Å². The van der Waals surface area contributed by atoms with Crippen LogP contribution in [0.25, 0.3) is 0 Å². The van der Waals surface area contributed by atoms with Gasteiger partial charge >= 0.3 is 12.1 Å². The Balaban J connectivity index is 1.91. The maximum atomic E-state index is 13.3. The Labute approximate surface area is 159 Å². The summed E-state index contributed by atoms with van der Waals surface area (Å²) in [5.41, 5.74) is 0. The van der Waals surface area contributed by atoms with Crippen molar-refractivity contribution in [2.24, 2.45) is 0 Å². The van der Waals surface area contributed by atoms with Crippen LogP contribution in [0, 0.1) is 0 Å². The van der Waals surface area contributed by atoms with Crippen molar-refractivity contribution in [1.29, 1.82) is 0 Å². The molecule has 0 saturated heterocycles. The molecule has 1 fully saturated rings. The van der Waals surface area contributed by atoms with Crippen molar-refractivity contribution < 1.29 is 31.6 Å². The first-order valence-electron chi connectivity index (χ1n) is 9.10. The molecule has 3 rings (SSSR count). The lowest BCUT2D eigenvalue weighted by Crippen LogP contribution is -2.50. The average Bonchev–Trinajstić information content (AvgIpc) is 3.35. The SMILES string of the molecule is O=C(NC1CCCCC1)C(c1ccco1)N(Cc1ccco1)C(=O)C(F)(F)F. The molecule has 28 heavy (non-hydrogen) atoms. The first-order valence-corrected chi connectivity index (χ1v) is 9.10. The summed E-state index contributed by atoms with van der Waals surface area (Å²) >= 11 is 0. The fourth-order valence-corrected chi connectivity index (χ4v) is 3.41. The van der Waals surface area contributed by atoms with E-state index in [-0.39, 0.29) is 17.6 Å². The van der Waals surface area contributed by atoms with Crippen LogP contribution < -0.4 is 5.32 Å². The highest BCUT2D eigenvalue weighted by atomic mass is 19.4. The molecule has 1 aliphatic carbocycles. The maximum absolute atomic E-state index is 13.3. The predicted molar refractivity (Wildman–Crippen MR) is 91.8 cm³/mol. The maximum Gasteiger partial charge on any atom is 0.471 e. The van der Waals surface area contributed by atoms with Gasteiger partial charge in [-0.1, -0.05) is 19.3 Å². The van der Waals surface area contributed by atoms with Crippen LogP contribution >= 0.6 is 0 Å². The monoisotopic (exact) mass is 398 g/mol. The van der Waals surface area contributed by atoms with Gasteiger partial charge in [0, 0.05) is 6.04 Å². The van der Waals surface area contributed by atoms with Gasteiger partial charge in [0.1, 0.15) is 11.5 Å². The first kappa shape index (κ1) is 20.0. The number of hydrogen-bond acceptors (Lipinski definition) is 4. The summed E-state index contributed by atoms with van der Waals surface area (Å²) in [5, 5.41) is 2.78. The van der Waals surface area contributed by atoms with Gasteiger partial charge in [-0.05, 0) is 37.1 Å². The minimum Gasteiger partial charge on any atom is -0.467 e. The highest BCUT2D eigenvalue weighted by molar-refractivity contribution is 5.90. The Bertz CT molecular complexity index is 766. The molecule has 2 aromatic rings. The largest absolute Gasteiger partial charge is 0.471 e. The molecule has 0 bridgehead atoms. The number of hydrogen-bond donors (Lipinski definition) is 1. The topological polar surface area (TPSA) is 75.7 Å². The molecule has 152 valence electrons. The highest BCUT2D eigenvalue weighted by Gasteiger charge is 2.47. The molecule has 9 heteroatoms. The Morgan fingerprint density at radius 1 is 1.11 bits per heavy atom. The molecule has 1 saturated carbocycles. The third-order valence-electron chi connectivity index (χ3n) is 4.73. The minimum absolute atomic E-state index is 0.0440. The van der Waals surface area contributed by atoms with Gasteiger partial charge in [0.05, 0.1) is 19.1 Å². The van der Waals surface area contributed by atoms with E-state index in [2.05, 4.69) is 5.32 Å². The van der Waals surface area contributed by atoms with Crippen molar-refractivity contribution in [3.8, 4) is 0 Å². The van der Waals surface area contributed by atoms with Crippen molar-refractivity contribution in [1.82, 2.24) is 10.2 Å². The van der Waals surface area contributed by atoms with E-state index in [0.717, 1.165) is 32.1 Å². The summed E-state index contributed by atoms with van der Waals surface area (Å²) in [5.74, 6) is -2.76. The van der Waals surface area contributed by atoms with Gasteiger partial charge in [-0.15, -0.1) is 0 Å². The van der Waals surface area contributed by atoms with E-state index in [0.29, 0.717) is 4.90 Å². The molecule has 0 aromatic carbocycles. The molecule has 1 N–H and O–H groups in total. The fraction of sp³-hybridized carbons (Fsp3) is 0.474. The number of alkyl halides is 3. The van der Waals surface area contributed by atoms with Gasteiger partial charge in [-0.2, -0.15) is 13.2 Å². The molecule has 2 amide bonds. The second kappa shape index (κ2) is 8.53. The Morgan fingerprint density at radius 2 is 1.79 bits per heavy atom. The average molecular weight is 398 g/mol. The van der Waals surface area contributed by atoms with Crippen LogP contribution in [0.15, 0.2) is 45.6 Å². The minimum atomic E-state index is -5.15. The number of halogens is 3. The van der Waals surface area contributed by atoms with Crippen molar-refractivity contribution >= 4 is 11.8 Å². The summed E-state index contributed by atoms with van der Waals surface area (Å²) in [7, 11) is 0. The van der Waals surface area contributed by atoms with Crippen LogP contribution in [-0.4, -0.2) is 28.9 Å². The zero-order valence-electron chi connectivity index (χ0n) is 15.1. The van der Waals surface area contributed by atoms with Crippen LogP contribution in [0.2, 0.25) is 0 Å². The third kappa shape index (κ3) is 4.76. The molecular formula is C19H21F3N2O4. The molecule has 0 spiro atoms. The van der Waals surface area contributed by atoms with E-state index < -0.39 is 30.6 Å². The zero-order valence-corrected chi connectivity index (χ0v) is 15.1. The number of amides is 2. The van der Waals surface area contributed by atoms with Crippen molar-refractivity contribution in [3.63, 3.8) is 0 Å². The molecule has 6 nitrogen and oxygen atoms in total. The van der Waals surface area contributed by atoms with Gasteiger partial charge in [0.2, 0.25) is 0 Å². The summed E-state index contributed by atoms with van der Waals surface area (Å²) < 4.78 is 50.1. The first-order chi connectivity index (χ1) is 13.4. The van der Waals surface area contributed by atoms with E-state index in [1.54, 1.807) is 0 Å². The molecule has 2 aromatic heterocycles. The number of furan rings is 2. The van der Waals surface area contributed by atoms with E-state index in [9.17, 15) is 22.8 Å². The summed E-state index contributed by atoms with van der Waals surface area (Å²) in [6.07, 6.45) is 1.83. The Hall–Kier alpha value is -2.71. The summed E-state index contributed by atoms with van der Waals surface area (Å²) in [6.45, 7) is -0.519. The second-order valence-electron chi connectivity index (χ2n) is 6.77. The molecule has 0 radical (unpaired) electrons. The van der Waals surface area contributed by atoms with Gasteiger partial charge in [-0.25, -0.2) is 0 Å². The van der Waals surface area contributed by atoms with Crippen LogP contribution in [0.3, 0.4) is 0 Å². The molecule has 1 atom stereocenters. The number of nitrogens with zero attached hydrogens (tertiary/aromatic N) is 1. The van der Waals surface area contributed by atoms with Gasteiger partial charge in [-0.3, -0.25) is 9.59 Å². The van der Waals surface area contributed by atoms with Crippen LogP contribution in [-0.2, 0) is 16.1 Å². The quantitative estimate of drug-likeness (QED) is 0.799. The lowest BCUT2D eigenvalue weighted by atomic mass is 9.95. The lowest BCUT2D eigenvalue weighted by Gasteiger charge is -2.31. The highest BCUT2D eigenvalue weighted by Crippen LogP contribution is 2.30. The van der Waals surface area contributed by atoms with Crippen molar-refractivity contribution in [2.75, 3.05) is 0 Å². The fourth-order valence-electron chi connectivity index (χ4n) is 3.41. The number of carbonyl (C=O) groups excluding carboxylic acids is 2. The van der Waals surface area contributed by atoms with E-state index in [1.807, 2.05) is 0 Å². The van der Waals surface area contributed by atoms with Crippen LogP contribution in [0.5, 0.6) is 0 Å². The zero-order chi connectivity index (χ0) is 20.1.